The molecular formula is C12H16N2O4S. The third kappa shape index (κ3) is 3.44. The molecule has 1 N–H and O–H groups in total. The average molecular weight is 284 g/mol. The third-order valence-corrected chi connectivity index (χ3v) is 5.06. The molecule has 2 rings (SSSR count). The minimum atomic E-state index is -3.06. The van der Waals surface area contributed by atoms with Gasteiger partial charge in [-0.05, 0) is 19.4 Å². The van der Waals surface area contributed by atoms with Gasteiger partial charge in [0.2, 0.25) is 5.91 Å². The first-order valence-electron chi connectivity index (χ1n) is 5.97. The van der Waals surface area contributed by atoms with Crippen LogP contribution in [0.3, 0.4) is 0 Å². The lowest BCUT2D eigenvalue weighted by atomic mass is 10.0. The van der Waals surface area contributed by atoms with Crippen molar-refractivity contribution in [2.45, 2.75) is 25.4 Å². The highest BCUT2D eigenvalue weighted by Crippen LogP contribution is 2.22. The number of sulfone groups is 1. The SMILES string of the molecule is CC1(NC(=O)Cn2ccccc2=O)CCS(=O)(=O)C1. The van der Waals surface area contributed by atoms with Crippen molar-refractivity contribution in [3.05, 3.63) is 34.7 Å². The van der Waals surface area contributed by atoms with Gasteiger partial charge in [-0.1, -0.05) is 6.07 Å². The van der Waals surface area contributed by atoms with Crippen LogP contribution in [0.25, 0.3) is 0 Å². The van der Waals surface area contributed by atoms with Crippen LogP contribution in [0.5, 0.6) is 0 Å². The molecule has 0 radical (unpaired) electrons. The van der Waals surface area contributed by atoms with Gasteiger partial charge in [0.1, 0.15) is 6.54 Å². The van der Waals surface area contributed by atoms with E-state index in [1.807, 2.05) is 0 Å². The zero-order chi connectivity index (χ0) is 14.1. The highest BCUT2D eigenvalue weighted by Gasteiger charge is 2.39. The summed E-state index contributed by atoms with van der Waals surface area (Å²) in [6.45, 7) is 1.61. The maximum Gasteiger partial charge on any atom is 0.250 e. The van der Waals surface area contributed by atoms with Crippen LogP contribution in [-0.4, -0.2) is 35.9 Å². The molecule has 0 saturated carbocycles. The summed E-state index contributed by atoms with van der Waals surface area (Å²) in [5.41, 5.74) is -0.990. The summed E-state index contributed by atoms with van der Waals surface area (Å²) in [5, 5.41) is 2.71. The summed E-state index contributed by atoms with van der Waals surface area (Å²) < 4.78 is 24.1. The molecule has 1 unspecified atom stereocenters. The molecule has 0 aliphatic carbocycles. The number of carbonyl (C=O) groups excluding carboxylic acids is 1. The molecule has 1 fully saturated rings. The number of nitrogens with one attached hydrogen (secondary N) is 1. The molecule has 104 valence electrons. The van der Waals surface area contributed by atoms with Crippen molar-refractivity contribution in [3.8, 4) is 0 Å². The fourth-order valence-electron chi connectivity index (χ4n) is 2.23. The first-order chi connectivity index (χ1) is 8.80. The second-order valence-electron chi connectivity index (χ2n) is 5.12. The number of hydrogen-bond acceptors (Lipinski definition) is 4. The second kappa shape index (κ2) is 4.80. The normalized spacial score (nSPS) is 25.1. The van der Waals surface area contributed by atoms with Gasteiger partial charge in [-0.15, -0.1) is 0 Å². The molecule has 2 heterocycles. The minimum Gasteiger partial charge on any atom is -0.348 e. The van der Waals surface area contributed by atoms with Crippen LogP contribution in [0, 0.1) is 0 Å². The fourth-order valence-corrected chi connectivity index (χ4v) is 4.32. The van der Waals surface area contributed by atoms with E-state index >= 15 is 0 Å². The zero-order valence-corrected chi connectivity index (χ0v) is 11.4. The van der Waals surface area contributed by atoms with Gasteiger partial charge < -0.3 is 9.88 Å². The van der Waals surface area contributed by atoms with Gasteiger partial charge in [0.15, 0.2) is 9.84 Å². The maximum atomic E-state index is 11.9. The molecule has 1 amide bonds. The number of aromatic nitrogens is 1. The minimum absolute atomic E-state index is 0.0462. The molecule has 1 aliphatic rings. The van der Waals surface area contributed by atoms with Crippen LogP contribution in [0.4, 0.5) is 0 Å². The Kier molecular flexibility index (Phi) is 3.49. The number of nitrogens with zero attached hydrogens (tertiary/aromatic N) is 1. The molecule has 1 saturated heterocycles. The van der Waals surface area contributed by atoms with Crippen LogP contribution >= 0.6 is 0 Å². The predicted octanol–water partition coefficient (Wildman–Crippen LogP) is -0.458. The van der Waals surface area contributed by atoms with Gasteiger partial charge >= 0.3 is 0 Å². The average Bonchev–Trinajstić information content (AvgIpc) is 2.56. The topological polar surface area (TPSA) is 85.2 Å². The molecule has 19 heavy (non-hydrogen) atoms. The van der Waals surface area contributed by atoms with Crippen LogP contribution in [0.1, 0.15) is 13.3 Å². The van der Waals surface area contributed by atoms with Crippen LogP contribution in [0.2, 0.25) is 0 Å². The number of amides is 1. The summed E-state index contributed by atoms with van der Waals surface area (Å²) in [6, 6.07) is 4.63. The Labute approximate surface area is 111 Å². The fraction of sp³-hybridized carbons (Fsp3) is 0.500. The van der Waals surface area contributed by atoms with E-state index in [-0.39, 0.29) is 29.5 Å². The predicted molar refractivity (Wildman–Crippen MR) is 70.5 cm³/mol. The van der Waals surface area contributed by atoms with E-state index in [9.17, 15) is 18.0 Å². The summed E-state index contributed by atoms with van der Waals surface area (Å²) in [7, 11) is -3.06. The van der Waals surface area contributed by atoms with E-state index < -0.39 is 15.4 Å². The Morgan fingerprint density at radius 3 is 2.79 bits per heavy atom. The Morgan fingerprint density at radius 2 is 2.21 bits per heavy atom. The van der Waals surface area contributed by atoms with Gasteiger partial charge in [-0.25, -0.2) is 8.42 Å². The lowest BCUT2D eigenvalue weighted by molar-refractivity contribution is -0.123. The zero-order valence-electron chi connectivity index (χ0n) is 10.6. The number of hydrogen-bond donors (Lipinski definition) is 1. The van der Waals surface area contributed by atoms with E-state index in [1.165, 1.54) is 16.8 Å². The molecule has 1 aromatic rings. The Bertz CT molecular complexity index is 650. The summed E-state index contributed by atoms with van der Waals surface area (Å²) in [6.07, 6.45) is 1.93. The quantitative estimate of drug-likeness (QED) is 0.814. The largest absolute Gasteiger partial charge is 0.348 e. The van der Waals surface area contributed by atoms with Crippen molar-refractivity contribution in [1.82, 2.24) is 9.88 Å². The lowest BCUT2D eigenvalue weighted by Crippen LogP contribution is -2.48. The number of pyridine rings is 1. The van der Waals surface area contributed by atoms with Crippen molar-refractivity contribution in [2.75, 3.05) is 11.5 Å². The van der Waals surface area contributed by atoms with Gasteiger partial charge in [0.05, 0.1) is 17.0 Å². The molecule has 0 spiro atoms. The Balaban J connectivity index is 2.03. The number of carbonyl (C=O) groups is 1. The van der Waals surface area contributed by atoms with E-state index in [4.69, 9.17) is 0 Å². The van der Waals surface area contributed by atoms with Crippen LogP contribution < -0.4 is 10.9 Å². The standard InChI is InChI=1S/C12H16N2O4S/c1-12(5-7-19(17,18)9-12)13-10(15)8-14-6-3-2-4-11(14)16/h2-4,6H,5,7-9H2,1H3,(H,13,15). The Hall–Kier alpha value is -1.63. The summed E-state index contributed by atoms with van der Waals surface area (Å²) in [5.74, 6) is -0.308. The smallest absolute Gasteiger partial charge is 0.250 e. The monoisotopic (exact) mass is 284 g/mol. The van der Waals surface area contributed by atoms with E-state index in [0.29, 0.717) is 6.42 Å². The maximum absolute atomic E-state index is 11.9. The number of rotatable bonds is 3. The highest BCUT2D eigenvalue weighted by molar-refractivity contribution is 7.91. The van der Waals surface area contributed by atoms with Gasteiger partial charge in [-0.3, -0.25) is 9.59 Å². The molecule has 1 aromatic heterocycles. The summed E-state index contributed by atoms with van der Waals surface area (Å²) in [4.78, 5) is 23.3. The van der Waals surface area contributed by atoms with E-state index in [1.54, 1.807) is 19.1 Å². The Morgan fingerprint density at radius 1 is 1.47 bits per heavy atom. The molecular weight excluding hydrogens is 268 g/mol. The van der Waals surface area contributed by atoms with Crippen molar-refractivity contribution in [1.29, 1.82) is 0 Å². The lowest BCUT2D eigenvalue weighted by Gasteiger charge is -2.24. The highest BCUT2D eigenvalue weighted by atomic mass is 32.2. The van der Waals surface area contributed by atoms with Gasteiger partial charge in [0.25, 0.3) is 5.56 Å². The molecule has 6 nitrogen and oxygen atoms in total. The first-order valence-corrected chi connectivity index (χ1v) is 7.79. The van der Waals surface area contributed by atoms with Gasteiger partial charge in [0, 0.05) is 12.3 Å². The van der Waals surface area contributed by atoms with Crippen molar-refractivity contribution in [2.24, 2.45) is 0 Å². The molecule has 0 aromatic carbocycles. The van der Waals surface area contributed by atoms with Crippen molar-refractivity contribution >= 4 is 15.7 Å². The van der Waals surface area contributed by atoms with Crippen molar-refractivity contribution < 1.29 is 13.2 Å². The molecule has 0 bridgehead atoms. The van der Waals surface area contributed by atoms with E-state index in [0.717, 1.165) is 0 Å². The molecule has 1 atom stereocenters. The van der Waals surface area contributed by atoms with Crippen molar-refractivity contribution in [3.63, 3.8) is 0 Å². The molecule has 1 aliphatic heterocycles. The van der Waals surface area contributed by atoms with Crippen LogP contribution in [0.15, 0.2) is 29.2 Å². The second-order valence-corrected chi connectivity index (χ2v) is 7.30. The molecule has 7 heteroatoms. The third-order valence-electron chi connectivity index (χ3n) is 3.16. The van der Waals surface area contributed by atoms with E-state index in [2.05, 4.69) is 5.32 Å². The van der Waals surface area contributed by atoms with Gasteiger partial charge in [-0.2, -0.15) is 0 Å². The first kappa shape index (κ1) is 13.8. The summed E-state index contributed by atoms with van der Waals surface area (Å²) >= 11 is 0. The van der Waals surface area contributed by atoms with Crippen LogP contribution in [-0.2, 0) is 21.2 Å².